The Balaban J connectivity index is 1.96. The minimum Gasteiger partial charge on any atom is -0.383 e. The molecule has 0 aliphatic rings. The number of aromatic nitrogens is 4. The van der Waals surface area contributed by atoms with Crippen LogP contribution in [0.25, 0.3) is 11.2 Å². The Morgan fingerprint density at radius 2 is 1.88 bits per heavy atom. The van der Waals surface area contributed by atoms with Crippen molar-refractivity contribution in [2.24, 2.45) is 0 Å². The fraction of sp³-hybridized carbons (Fsp3) is 0.478. The first-order chi connectivity index (χ1) is 15.6. The number of amides is 1. The highest BCUT2D eigenvalue weighted by Crippen LogP contribution is 2.10. The Bertz CT molecular complexity index is 1150. The highest BCUT2D eigenvalue weighted by molar-refractivity contribution is 5.76. The van der Waals surface area contributed by atoms with Gasteiger partial charge in [0.05, 0.1) is 19.5 Å². The first kappa shape index (κ1) is 23.5. The van der Waals surface area contributed by atoms with E-state index in [4.69, 9.17) is 4.74 Å². The number of hydrogen-bond acceptors (Lipinski definition) is 5. The normalized spacial score (nSPS) is 11.2. The van der Waals surface area contributed by atoms with Gasteiger partial charge in [0.25, 0.3) is 5.56 Å². The molecule has 3 aromatic rings. The van der Waals surface area contributed by atoms with Gasteiger partial charge in [0, 0.05) is 20.2 Å². The van der Waals surface area contributed by atoms with Crippen LogP contribution < -0.4 is 16.6 Å². The SMILES string of the molecule is CCCCCCNC(=O)Cn1c(=O)c2c(ncn2CCOC)n(Cc2ccccc2)c1=O. The third-order valence-electron chi connectivity index (χ3n) is 5.36. The Morgan fingerprint density at radius 1 is 1.09 bits per heavy atom. The van der Waals surface area contributed by atoms with Crippen LogP contribution in [-0.4, -0.2) is 44.9 Å². The summed E-state index contributed by atoms with van der Waals surface area (Å²) in [5.41, 5.74) is 0.408. The third kappa shape index (κ3) is 5.53. The molecule has 1 N–H and O–H groups in total. The van der Waals surface area contributed by atoms with E-state index in [0.29, 0.717) is 25.3 Å². The highest BCUT2D eigenvalue weighted by atomic mass is 16.5. The number of nitrogens with one attached hydrogen (secondary N) is 1. The molecule has 0 spiro atoms. The molecule has 172 valence electrons. The average molecular weight is 442 g/mol. The van der Waals surface area contributed by atoms with Crippen LogP contribution in [0.1, 0.15) is 38.2 Å². The summed E-state index contributed by atoms with van der Waals surface area (Å²) < 4.78 is 9.24. The number of methoxy groups -OCH3 is 1. The summed E-state index contributed by atoms with van der Waals surface area (Å²) in [5, 5.41) is 2.82. The van der Waals surface area contributed by atoms with Crippen LogP contribution >= 0.6 is 0 Å². The molecule has 0 atom stereocenters. The van der Waals surface area contributed by atoms with E-state index >= 15 is 0 Å². The maximum absolute atomic E-state index is 13.3. The molecule has 2 aromatic heterocycles. The van der Waals surface area contributed by atoms with Crippen molar-refractivity contribution in [3.8, 4) is 0 Å². The van der Waals surface area contributed by atoms with E-state index in [1.165, 1.54) is 10.9 Å². The van der Waals surface area contributed by atoms with Gasteiger partial charge in [0.15, 0.2) is 11.2 Å². The maximum atomic E-state index is 13.3. The molecule has 0 fully saturated rings. The van der Waals surface area contributed by atoms with E-state index in [1.54, 1.807) is 11.7 Å². The lowest BCUT2D eigenvalue weighted by Gasteiger charge is -2.13. The molecule has 0 saturated carbocycles. The number of imidazole rings is 1. The standard InChI is InChI=1S/C23H31N5O4/c1-3-4-5-9-12-24-19(29)16-28-22(30)20-21(25-17-26(20)13-14-32-2)27(23(28)31)15-18-10-7-6-8-11-18/h6-8,10-11,17H,3-5,9,12-16H2,1-2H3,(H,24,29). The zero-order chi connectivity index (χ0) is 22.9. The molecule has 32 heavy (non-hydrogen) atoms. The lowest BCUT2D eigenvalue weighted by Crippen LogP contribution is -2.44. The van der Waals surface area contributed by atoms with Gasteiger partial charge in [0.1, 0.15) is 6.54 Å². The van der Waals surface area contributed by atoms with Gasteiger partial charge in [-0.1, -0.05) is 56.5 Å². The van der Waals surface area contributed by atoms with E-state index in [1.807, 2.05) is 30.3 Å². The van der Waals surface area contributed by atoms with E-state index in [-0.39, 0.29) is 24.5 Å². The molecular formula is C23H31N5O4. The molecular weight excluding hydrogens is 410 g/mol. The fourth-order valence-corrected chi connectivity index (χ4v) is 3.62. The second-order valence-corrected chi connectivity index (χ2v) is 7.76. The number of ether oxygens (including phenoxy) is 1. The van der Waals surface area contributed by atoms with Crippen molar-refractivity contribution in [1.82, 2.24) is 24.0 Å². The second kappa shape index (κ2) is 11.4. The molecule has 9 heteroatoms. The Kier molecular flexibility index (Phi) is 8.38. The number of carbonyl (C=O) groups is 1. The summed E-state index contributed by atoms with van der Waals surface area (Å²) in [5.74, 6) is -0.353. The predicted molar refractivity (Wildman–Crippen MR) is 123 cm³/mol. The van der Waals surface area contributed by atoms with Crippen LogP contribution in [0.5, 0.6) is 0 Å². The molecule has 1 amide bonds. The first-order valence-corrected chi connectivity index (χ1v) is 11.0. The number of nitrogens with zero attached hydrogens (tertiary/aromatic N) is 4. The van der Waals surface area contributed by atoms with Gasteiger partial charge in [-0.3, -0.25) is 14.2 Å². The van der Waals surface area contributed by atoms with Crippen molar-refractivity contribution in [3.05, 3.63) is 63.1 Å². The van der Waals surface area contributed by atoms with Crippen LogP contribution in [-0.2, 0) is 29.2 Å². The van der Waals surface area contributed by atoms with Crippen molar-refractivity contribution >= 4 is 17.1 Å². The second-order valence-electron chi connectivity index (χ2n) is 7.76. The van der Waals surface area contributed by atoms with Gasteiger partial charge >= 0.3 is 5.69 Å². The van der Waals surface area contributed by atoms with Gasteiger partial charge in [0.2, 0.25) is 5.91 Å². The summed E-state index contributed by atoms with van der Waals surface area (Å²) in [6, 6.07) is 9.47. The van der Waals surface area contributed by atoms with E-state index < -0.39 is 11.2 Å². The molecule has 9 nitrogen and oxygen atoms in total. The predicted octanol–water partition coefficient (Wildman–Crippen LogP) is 1.75. The summed E-state index contributed by atoms with van der Waals surface area (Å²) in [4.78, 5) is 43.3. The number of hydrogen-bond donors (Lipinski definition) is 1. The smallest absolute Gasteiger partial charge is 0.333 e. The van der Waals surface area contributed by atoms with Gasteiger partial charge in [-0.15, -0.1) is 0 Å². The average Bonchev–Trinajstić information content (AvgIpc) is 3.22. The number of fused-ring (bicyclic) bond motifs is 1. The van der Waals surface area contributed by atoms with E-state index in [9.17, 15) is 14.4 Å². The minimum absolute atomic E-state index is 0.246. The summed E-state index contributed by atoms with van der Waals surface area (Å²) in [6.07, 6.45) is 5.66. The van der Waals surface area contributed by atoms with E-state index in [2.05, 4.69) is 17.2 Å². The van der Waals surface area contributed by atoms with Crippen molar-refractivity contribution < 1.29 is 9.53 Å². The van der Waals surface area contributed by atoms with Crippen molar-refractivity contribution in [3.63, 3.8) is 0 Å². The Hall–Kier alpha value is -3.20. The molecule has 1 aromatic carbocycles. The minimum atomic E-state index is -0.551. The molecule has 0 saturated heterocycles. The van der Waals surface area contributed by atoms with Crippen molar-refractivity contribution in [2.45, 2.75) is 52.2 Å². The molecule has 3 rings (SSSR count). The monoisotopic (exact) mass is 441 g/mol. The van der Waals surface area contributed by atoms with Crippen LogP contribution in [0.2, 0.25) is 0 Å². The Morgan fingerprint density at radius 3 is 2.59 bits per heavy atom. The molecule has 0 bridgehead atoms. The topological polar surface area (TPSA) is 100 Å². The van der Waals surface area contributed by atoms with Crippen LogP contribution in [0.4, 0.5) is 0 Å². The maximum Gasteiger partial charge on any atom is 0.333 e. The number of benzene rings is 1. The molecule has 0 aliphatic heterocycles. The molecule has 0 aliphatic carbocycles. The summed E-state index contributed by atoms with van der Waals surface area (Å²) >= 11 is 0. The first-order valence-electron chi connectivity index (χ1n) is 11.0. The largest absolute Gasteiger partial charge is 0.383 e. The Labute approximate surface area is 186 Å². The van der Waals surface area contributed by atoms with Gasteiger partial charge in [-0.2, -0.15) is 0 Å². The summed E-state index contributed by atoms with van der Waals surface area (Å²) in [6.45, 7) is 3.37. The van der Waals surface area contributed by atoms with Crippen molar-refractivity contribution in [1.29, 1.82) is 0 Å². The summed E-state index contributed by atoms with van der Waals surface area (Å²) in [7, 11) is 1.58. The lowest BCUT2D eigenvalue weighted by molar-refractivity contribution is -0.121. The third-order valence-corrected chi connectivity index (χ3v) is 5.36. The van der Waals surface area contributed by atoms with Crippen molar-refractivity contribution in [2.75, 3.05) is 20.3 Å². The van der Waals surface area contributed by atoms with Crippen LogP contribution in [0.15, 0.2) is 46.2 Å². The number of unbranched alkanes of at least 4 members (excludes halogenated alkanes) is 3. The zero-order valence-electron chi connectivity index (χ0n) is 18.7. The van der Waals surface area contributed by atoms with Crippen LogP contribution in [0, 0.1) is 0 Å². The highest BCUT2D eigenvalue weighted by Gasteiger charge is 2.19. The van der Waals surface area contributed by atoms with Crippen LogP contribution in [0.3, 0.4) is 0 Å². The molecule has 0 unspecified atom stereocenters. The number of rotatable bonds is 12. The molecule has 2 heterocycles. The van der Waals surface area contributed by atoms with Gasteiger partial charge in [-0.05, 0) is 12.0 Å². The quantitative estimate of drug-likeness (QED) is 0.432. The number of carbonyl (C=O) groups excluding carboxylic acids is 1. The zero-order valence-corrected chi connectivity index (χ0v) is 18.7. The fourth-order valence-electron chi connectivity index (χ4n) is 3.62. The molecule has 0 radical (unpaired) electrons. The van der Waals surface area contributed by atoms with Gasteiger partial charge in [-0.25, -0.2) is 14.3 Å². The lowest BCUT2D eigenvalue weighted by atomic mass is 10.2. The van der Waals surface area contributed by atoms with E-state index in [0.717, 1.165) is 35.8 Å². The van der Waals surface area contributed by atoms with Gasteiger partial charge < -0.3 is 14.6 Å².